The topological polar surface area (TPSA) is 12.0 Å². The molecule has 0 amide bonds. The summed E-state index contributed by atoms with van der Waals surface area (Å²) in [5, 5.41) is 3.35. The van der Waals surface area contributed by atoms with Crippen LogP contribution in [0.4, 0.5) is 0 Å². The standard InChI is InChI=1S/C9H19N/c1-4-8(10-3)7-9(2)5-6-9/h8,10H,4-7H2,1-3H3. The predicted molar refractivity (Wildman–Crippen MR) is 45.1 cm³/mol. The third kappa shape index (κ3) is 1.98. The average Bonchev–Trinajstić information content (AvgIpc) is 2.64. The Morgan fingerprint density at radius 2 is 2.10 bits per heavy atom. The van der Waals surface area contributed by atoms with Crippen LogP contribution in [0.5, 0.6) is 0 Å². The lowest BCUT2D eigenvalue weighted by Gasteiger charge is -2.17. The zero-order valence-corrected chi connectivity index (χ0v) is 7.41. The van der Waals surface area contributed by atoms with Crippen molar-refractivity contribution < 1.29 is 0 Å². The van der Waals surface area contributed by atoms with Crippen molar-refractivity contribution in [2.75, 3.05) is 7.05 Å². The smallest absolute Gasteiger partial charge is 0.00666 e. The Hall–Kier alpha value is -0.0400. The highest BCUT2D eigenvalue weighted by Gasteiger charge is 2.38. The average molecular weight is 141 g/mol. The molecule has 0 aromatic rings. The van der Waals surface area contributed by atoms with Gasteiger partial charge >= 0.3 is 0 Å². The van der Waals surface area contributed by atoms with Crippen molar-refractivity contribution in [3.05, 3.63) is 0 Å². The van der Waals surface area contributed by atoms with Gasteiger partial charge in [-0.05, 0) is 38.1 Å². The molecule has 0 spiro atoms. The molecule has 0 aliphatic heterocycles. The van der Waals surface area contributed by atoms with E-state index < -0.39 is 0 Å². The molecular formula is C9H19N. The molecule has 1 nitrogen and oxygen atoms in total. The summed E-state index contributed by atoms with van der Waals surface area (Å²) in [6, 6.07) is 0.757. The fourth-order valence-electron chi connectivity index (χ4n) is 1.46. The van der Waals surface area contributed by atoms with Gasteiger partial charge in [-0.25, -0.2) is 0 Å². The Kier molecular flexibility index (Phi) is 2.35. The molecule has 1 atom stereocenters. The van der Waals surface area contributed by atoms with Gasteiger partial charge in [0.2, 0.25) is 0 Å². The van der Waals surface area contributed by atoms with Crippen LogP contribution in [0, 0.1) is 5.41 Å². The van der Waals surface area contributed by atoms with Gasteiger partial charge in [0.05, 0.1) is 0 Å². The van der Waals surface area contributed by atoms with Crippen molar-refractivity contribution in [1.29, 1.82) is 0 Å². The molecule has 1 aliphatic carbocycles. The van der Waals surface area contributed by atoms with Crippen molar-refractivity contribution in [3.8, 4) is 0 Å². The van der Waals surface area contributed by atoms with Gasteiger partial charge in [-0.2, -0.15) is 0 Å². The van der Waals surface area contributed by atoms with Crippen LogP contribution in [0.3, 0.4) is 0 Å². The van der Waals surface area contributed by atoms with Crippen LogP contribution >= 0.6 is 0 Å². The van der Waals surface area contributed by atoms with Crippen molar-refractivity contribution >= 4 is 0 Å². The molecule has 60 valence electrons. The van der Waals surface area contributed by atoms with E-state index in [0.717, 1.165) is 6.04 Å². The van der Waals surface area contributed by atoms with Crippen LogP contribution in [0.2, 0.25) is 0 Å². The summed E-state index contributed by atoms with van der Waals surface area (Å²) >= 11 is 0. The van der Waals surface area contributed by atoms with Gasteiger partial charge in [0.1, 0.15) is 0 Å². The quantitative estimate of drug-likeness (QED) is 0.632. The Bertz CT molecular complexity index is 101. The van der Waals surface area contributed by atoms with Crippen LogP contribution in [-0.4, -0.2) is 13.1 Å². The monoisotopic (exact) mass is 141 g/mol. The van der Waals surface area contributed by atoms with E-state index in [1.165, 1.54) is 25.7 Å². The molecule has 1 heteroatoms. The van der Waals surface area contributed by atoms with E-state index in [1.54, 1.807) is 0 Å². The normalized spacial score (nSPS) is 24.3. The summed E-state index contributed by atoms with van der Waals surface area (Å²) in [6.45, 7) is 4.65. The maximum atomic E-state index is 3.35. The minimum Gasteiger partial charge on any atom is -0.317 e. The first kappa shape index (κ1) is 8.06. The van der Waals surface area contributed by atoms with Crippen LogP contribution in [-0.2, 0) is 0 Å². The van der Waals surface area contributed by atoms with Gasteiger partial charge in [0.15, 0.2) is 0 Å². The molecule has 0 radical (unpaired) electrons. The first-order valence-electron chi connectivity index (χ1n) is 4.37. The maximum Gasteiger partial charge on any atom is 0.00666 e. The summed E-state index contributed by atoms with van der Waals surface area (Å²) in [7, 11) is 2.07. The third-order valence-electron chi connectivity index (χ3n) is 2.74. The molecule has 1 N–H and O–H groups in total. The van der Waals surface area contributed by atoms with Crippen molar-refractivity contribution in [2.45, 2.75) is 45.6 Å². The van der Waals surface area contributed by atoms with Crippen LogP contribution < -0.4 is 5.32 Å². The SMILES string of the molecule is CCC(CC1(C)CC1)NC. The Labute approximate surface area is 64.2 Å². The zero-order chi connectivity index (χ0) is 7.61. The van der Waals surface area contributed by atoms with E-state index in [0.29, 0.717) is 5.41 Å². The highest BCUT2D eigenvalue weighted by Crippen LogP contribution is 2.49. The van der Waals surface area contributed by atoms with Crippen molar-refractivity contribution in [3.63, 3.8) is 0 Å². The Morgan fingerprint density at radius 1 is 1.50 bits per heavy atom. The molecule has 1 fully saturated rings. The zero-order valence-electron chi connectivity index (χ0n) is 7.41. The molecule has 1 aliphatic rings. The number of hydrogen-bond donors (Lipinski definition) is 1. The number of hydrogen-bond acceptors (Lipinski definition) is 1. The molecule has 0 aromatic heterocycles. The van der Waals surface area contributed by atoms with Crippen LogP contribution in [0.15, 0.2) is 0 Å². The highest BCUT2D eigenvalue weighted by molar-refractivity contribution is 4.91. The lowest BCUT2D eigenvalue weighted by atomic mass is 9.98. The molecule has 1 unspecified atom stereocenters. The largest absolute Gasteiger partial charge is 0.317 e. The third-order valence-corrected chi connectivity index (χ3v) is 2.74. The van der Waals surface area contributed by atoms with E-state index in [2.05, 4.69) is 26.2 Å². The van der Waals surface area contributed by atoms with E-state index >= 15 is 0 Å². The second-order valence-corrected chi connectivity index (χ2v) is 3.91. The fourth-order valence-corrected chi connectivity index (χ4v) is 1.46. The summed E-state index contributed by atoms with van der Waals surface area (Å²) in [5.74, 6) is 0. The molecule has 0 bridgehead atoms. The van der Waals surface area contributed by atoms with Crippen LogP contribution in [0.25, 0.3) is 0 Å². The van der Waals surface area contributed by atoms with Gasteiger partial charge in [0, 0.05) is 6.04 Å². The maximum absolute atomic E-state index is 3.35. The van der Waals surface area contributed by atoms with Gasteiger partial charge in [-0.15, -0.1) is 0 Å². The second-order valence-electron chi connectivity index (χ2n) is 3.91. The van der Waals surface area contributed by atoms with E-state index in [-0.39, 0.29) is 0 Å². The molecule has 1 rings (SSSR count). The lowest BCUT2D eigenvalue weighted by molar-refractivity contribution is 0.398. The van der Waals surface area contributed by atoms with E-state index in [4.69, 9.17) is 0 Å². The lowest BCUT2D eigenvalue weighted by Crippen LogP contribution is -2.26. The summed E-state index contributed by atoms with van der Waals surface area (Å²) in [4.78, 5) is 0. The Morgan fingerprint density at radius 3 is 2.40 bits per heavy atom. The fraction of sp³-hybridized carbons (Fsp3) is 1.00. The van der Waals surface area contributed by atoms with E-state index in [9.17, 15) is 0 Å². The summed E-state index contributed by atoms with van der Waals surface area (Å²) in [5.41, 5.74) is 0.712. The summed E-state index contributed by atoms with van der Waals surface area (Å²) in [6.07, 6.45) is 5.54. The second kappa shape index (κ2) is 2.91. The van der Waals surface area contributed by atoms with E-state index in [1.807, 2.05) is 0 Å². The van der Waals surface area contributed by atoms with Gasteiger partial charge in [0.25, 0.3) is 0 Å². The molecule has 0 heterocycles. The molecule has 10 heavy (non-hydrogen) atoms. The van der Waals surface area contributed by atoms with Gasteiger partial charge < -0.3 is 5.32 Å². The first-order chi connectivity index (χ1) is 4.70. The van der Waals surface area contributed by atoms with Gasteiger partial charge in [-0.3, -0.25) is 0 Å². The van der Waals surface area contributed by atoms with Gasteiger partial charge in [-0.1, -0.05) is 13.8 Å². The first-order valence-corrected chi connectivity index (χ1v) is 4.37. The minimum absolute atomic E-state index is 0.712. The Balaban J connectivity index is 2.21. The number of rotatable bonds is 4. The highest BCUT2D eigenvalue weighted by atomic mass is 14.9. The minimum atomic E-state index is 0.712. The molecule has 0 aromatic carbocycles. The van der Waals surface area contributed by atoms with Crippen molar-refractivity contribution in [1.82, 2.24) is 5.32 Å². The predicted octanol–water partition coefficient (Wildman–Crippen LogP) is 2.17. The summed E-state index contributed by atoms with van der Waals surface area (Å²) < 4.78 is 0. The molecule has 1 saturated carbocycles. The molecular weight excluding hydrogens is 122 g/mol. The van der Waals surface area contributed by atoms with Crippen LogP contribution in [0.1, 0.15) is 39.5 Å². The van der Waals surface area contributed by atoms with Crippen molar-refractivity contribution in [2.24, 2.45) is 5.41 Å². The number of nitrogens with one attached hydrogen (secondary N) is 1. The molecule has 0 saturated heterocycles.